The molecule has 0 radical (unpaired) electrons. The summed E-state index contributed by atoms with van der Waals surface area (Å²) in [5.74, 6) is 0.440. The molecule has 2 aromatic heterocycles. The second-order valence-electron chi connectivity index (χ2n) is 7.09. The molecular formula is C18H21N3O4S. The zero-order valence-electron chi connectivity index (χ0n) is 14.8. The van der Waals surface area contributed by atoms with Crippen LogP contribution in [0, 0.1) is 12.8 Å². The molecule has 7 nitrogen and oxygen atoms in total. The van der Waals surface area contributed by atoms with Crippen molar-refractivity contribution in [3.63, 3.8) is 0 Å². The molecule has 0 spiro atoms. The van der Waals surface area contributed by atoms with E-state index in [-0.39, 0.29) is 24.1 Å². The summed E-state index contributed by atoms with van der Waals surface area (Å²) in [6, 6.07) is 0.110. The van der Waals surface area contributed by atoms with Gasteiger partial charge in [-0.2, -0.15) is 0 Å². The first-order valence-corrected chi connectivity index (χ1v) is 9.76. The van der Waals surface area contributed by atoms with Crippen molar-refractivity contribution >= 4 is 33.4 Å². The Morgan fingerprint density at radius 3 is 2.92 bits per heavy atom. The summed E-state index contributed by atoms with van der Waals surface area (Å²) in [4.78, 5) is 42.4. The van der Waals surface area contributed by atoms with Gasteiger partial charge in [-0.25, -0.2) is 9.78 Å². The van der Waals surface area contributed by atoms with Crippen LogP contribution in [-0.4, -0.2) is 34.1 Å². The van der Waals surface area contributed by atoms with Crippen molar-refractivity contribution in [2.75, 3.05) is 6.61 Å². The molecule has 1 amide bonds. The van der Waals surface area contributed by atoms with Crippen LogP contribution in [0.1, 0.15) is 47.2 Å². The molecule has 0 bridgehead atoms. The molecule has 1 atom stereocenters. The van der Waals surface area contributed by atoms with Gasteiger partial charge in [0.25, 0.3) is 11.5 Å². The monoisotopic (exact) mass is 375 g/mol. The van der Waals surface area contributed by atoms with Crippen LogP contribution in [0.25, 0.3) is 10.2 Å². The number of aryl methyl sites for hydroxylation is 2. The summed E-state index contributed by atoms with van der Waals surface area (Å²) in [7, 11) is 0. The van der Waals surface area contributed by atoms with E-state index in [1.54, 1.807) is 11.5 Å². The number of fused-ring (bicyclic) bond motifs is 2. The molecule has 1 aliphatic heterocycles. The minimum absolute atomic E-state index is 0.0914. The molecule has 4 rings (SSSR count). The van der Waals surface area contributed by atoms with E-state index in [9.17, 15) is 14.4 Å². The van der Waals surface area contributed by atoms with Crippen molar-refractivity contribution in [1.82, 2.24) is 14.9 Å². The number of nitrogens with one attached hydrogen (secondary N) is 1. The van der Waals surface area contributed by atoms with Crippen LogP contribution in [-0.2, 0) is 22.5 Å². The van der Waals surface area contributed by atoms with E-state index in [1.165, 1.54) is 0 Å². The molecule has 1 saturated carbocycles. The van der Waals surface area contributed by atoms with Gasteiger partial charge in [0.15, 0.2) is 6.61 Å². The molecule has 1 fully saturated rings. The highest BCUT2D eigenvalue weighted by Crippen LogP contribution is 2.32. The van der Waals surface area contributed by atoms with Crippen LogP contribution < -0.4 is 10.9 Å². The third-order valence-electron chi connectivity index (χ3n) is 5.15. The zero-order chi connectivity index (χ0) is 18.4. The fourth-order valence-electron chi connectivity index (χ4n) is 3.48. The summed E-state index contributed by atoms with van der Waals surface area (Å²) in [6.45, 7) is 4.06. The standard InChI is InChI=1S/C18H21N3O4S/c1-9-14-16(20-12-4-3-7-21(12)17(14)23)26-15(9)18(24)25-8-13(22)19-10(2)11-5-6-11/h10-11H,3-8H2,1-2H3,(H,19,22)/t10-/m1/s1. The Kier molecular flexibility index (Phi) is 4.30. The van der Waals surface area contributed by atoms with E-state index in [2.05, 4.69) is 10.3 Å². The first-order chi connectivity index (χ1) is 12.5. The summed E-state index contributed by atoms with van der Waals surface area (Å²) >= 11 is 1.16. The van der Waals surface area contributed by atoms with Gasteiger partial charge in [-0.05, 0) is 44.6 Å². The maximum atomic E-state index is 12.6. The molecule has 8 heteroatoms. The van der Waals surface area contributed by atoms with Gasteiger partial charge in [0.2, 0.25) is 0 Å². The lowest BCUT2D eigenvalue weighted by Crippen LogP contribution is -2.37. The van der Waals surface area contributed by atoms with Crippen LogP contribution in [0.4, 0.5) is 0 Å². The highest BCUT2D eigenvalue weighted by atomic mass is 32.1. The molecule has 0 saturated heterocycles. The van der Waals surface area contributed by atoms with E-state index in [0.717, 1.165) is 42.8 Å². The molecule has 2 aromatic rings. The second kappa shape index (κ2) is 6.50. The number of ether oxygens (including phenoxy) is 1. The third-order valence-corrected chi connectivity index (χ3v) is 6.31. The number of carbonyl (C=O) groups is 2. The Bertz CT molecular complexity index is 957. The maximum absolute atomic E-state index is 12.6. The van der Waals surface area contributed by atoms with Crippen molar-refractivity contribution in [1.29, 1.82) is 0 Å². The van der Waals surface area contributed by atoms with Crippen LogP contribution in [0.5, 0.6) is 0 Å². The fourth-order valence-corrected chi connectivity index (χ4v) is 4.56. The van der Waals surface area contributed by atoms with Crippen molar-refractivity contribution in [3.8, 4) is 0 Å². The van der Waals surface area contributed by atoms with Crippen molar-refractivity contribution in [2.24, 2.45) is 5.92 Å². The first kappa shape index (κ1) is 17.2. The molecule has 2 aliphatic rings. The van der Waals surface area contributed by atoms with Crippen LogP contribution in [0.3, 0.4) is 0 Å². The minimum Gasteiger partial charge on any atom is -0.451 e. The normalized spacial score (nSPS) is 17.2. The number of amides is 1. The Morgan fingerprint density at radius 1 is 1.42 bits per heavy atom. The first-order valence-electron chi connectivity index (χ1n) is 8.95. The third kappa shape index (κ3) is 3.02. The van der Waals surface area contributed by atoms with Crippen LogP contribution >= 0.6 is 11.3 Å². The summed E-state index contributed by atoms with van der Waals surface area (Å²) in [5.41, 5.74) is 0.493. The van der Waals surface area contributed by atoms with Crippen molar-refractivity contribution < 1.29 is 14.3 Å². The topological polar surface area (TPSA) is 90.3 Å². The zero-order valence-corrected chi connectivity index (χ0v) is 15.6. The van der Waals surface area contributed by atoms with E-state index in [0.29, 0.717) is 33.1 Å². The molecule has 1 aliphatic carbocycles. The van der Waals surface area contributed by atoms with Gasteiger partial charge < -0.3 is 10.1 Å². The Labute approximate surface area is 154 Å². The predicted molar refractivity (Wildman–Crippen MR) is 97.5 cm³/mol. The number of carbonyl (C=O) groups excluding carboxylic acids is 2. The number of aromatic nitrogens is 2. The van der Waals surface area contributed by atoms with Crippen molar-refractivity contribution in [2.45, 2.75) is 52.1 Å². The smallest absolute Gasteiger partial charge is 0.349 e. The molecular weight excluding hydrogens is 354 g/mol. The number of hydrogen-bond donors (Lipinski definition) is 1. The molecule has 0 aromatic carbocycles. The van der Waals surface area contributed by atoms with Gasteiger partial charge in [0, 0.05) is 19.0 Å². The van der Waals surface area contributed by atoms with E-state index >= 15 is 0 Å². The van der Waals surface area contributed by atoms with E-state index in [1.807, 2.05) is 6.92 Å². The lowest BCUT2D eigenvalue weighted by Gasteiger charge is -2.12. The molecule has 138 valence electrons. The van der Waals surface area contributed by atoms with Gasteiger partial charge in [-0.3, -0.25) is 14.2 Å². The minimum atomic E-state index is -0.579. The van der Waals surface area contributed by atoms with Crippen molar-refractivity contribution in [3.05, 3.63) is 26.6 Å². The Balaban J connectivity index is 1.50. The molecule has 1 N–H and O–H groups in total. The average Bonchev–Trinajstić information content (AvgIpc) is 3.26. The van der Waals surface area contributed by atoms with Gasteiger partial charge in [-0.1, -0.05) is 0 Å². The molecule has 0 unspecified atom stereocenters. The number of hydrogen-bond acceptors (Lipinski definition) is 6. The summed E-state index contributed by atoms with van der Waals surface area (Å²) in [5, 5.41) is 3.34. The number of thiophene rings is 1. The fraction of sp³-hybridized carbons (Fsp3) is 0.556. The SMILES string of the molecule is Cc1c(C(=O)OCC(=O)N[C@H](C)C2CC2)sc2nc3n(c(=O)c12)CCC3. The van der Waals surface area contributed by atoms with Crippen LogP contribution in [0.15, 0.2) is 4.79 Å². The van der Waals surface area contributed by atoms with Gasteiger partial charge >= 0.3 is 5.97 Å². The quantitative estimate of drug-likeness (QED) is 0.805. The van der Waals surface area contributed by atoms with Gasteiger partial charge in [0.1, 0.15) is 15.5 Å². The van der Waals surface area contributed by atoms with E-state index in [4.69, 9.17) is 4.74 Å². The molecule has 3 heterocycles. The predicted octanol–water partition coefficient (Wildman–Crippen LogP) is 1.78. The number of esters is 1. The number of rotatable bonds is 5. The summed E-state index contributed by atoms with van der Waals surface area (Å²) in [6.07, 6.45) is 3.96. The molecule has 26 heavy (non-hydrogen) atoms. The highest BCUT2D eigenvalue weighted by molar-refractivity contribution is 7.20. The van der Waals surface area contributed by atoms with E-state index < -0.39 is 5.97 Å². The van der Waals surface area contributed by atoms with Gasteiger partial charge in [-0.15, -0.1) is 11.3 Å². The van der Waals surface area contributed by atoms with Gasteiger partial charge in [0.05, 0.1) is 5.39 Å². The Hall–Kier alpha value is -2.22. The largest absolute Gasteiger partial charge is 0.451 e. The Morgan fingerprint density at radius 2 is 2.19 bits per heavy atom. The number of nitrogens with zero attached hydrogens (tertiary/aromatic N) is 2. The maximum Gasteiger partial charge on any atom is 0.349 e. The second-order valence-corrected chi connectivity index (χ2v) is 8.09. The highest BCUT2D eigenvalue weighted by Gasteiger charge is 2.29. The summed E-state index contributed by atoms with van der Waals surface area (Å²) < 4.78 is 6.85. The lowest BCUT2D eigenvalue weighted by molar-refractivity contribution is -0.124. The lowest BCUT2D eigenvalue weighted by atomic mass is 10.2. The van der Waals surface area contributed by atoms with Crippen LogP contribution in [0.2, 0.25) is 0 Å². The average molecular weight is 375 g/mol.